The van der Waals surface area contributed by atoms with Crippen LogP contribution in [0.4, 0.5) is 4.39 Å². The third-order valence-corrected chi connectivity index (χ3v) is 4.45. The van der Waals surface area contributed by atoms with Crippen molar-refractivity contribution >= 4 is 11.0 Å². The van der Waals surface area contributed by atoms with Crippen LogP contribution in [0.1, 0.15) is 29.8 Å². The molecular formula is C20H17FN4O. The molecule has 2 aromatic carbocycles. The van der Waals surface area contributed by atoms with E-state index in [2.05, 4.69) is 15.0 Å². The van der Waals surface area contributed by atoms with E-state index in [9.17, 15) is 9.18 Å². The molecule has 2 heterocycles. The molecule has 0 fully saturated rings. The Bertz CT molecular complexity index is 1100. The molecule has 1 atom stereocenters. The van der Waals surface area contributed by atoms with E-state index in [1.165, 1.54) is 12.1 Å². The van der Waals surface area contributed by atoms with Gasteiger partial charge in [-0.25, -0.2) is 14.4 Å². The van der Waals surface area contributed by atoms with Gasteiger partial charge in [0.05, 0.1) is 23.4 Å². The van der Waals surface area contributed by atoms with Gasteiger partial charge in [-0.3, -0.25) is 4.79 Å². The fourth-order valence-corrected chi connectivity index (χ4v) is 3.16. The number of aryl methyl sites for hydroxylation is 1. The second-order valence-electron chi connectivity index (χ2n) is 6.11. The van der Waals surface area contributed by atoms with Crippen molar-refractivity contribution in [1.82, 2.24) is 19.5 Å². The molecule has 26 heavy (non-hydrogen) atoms. The summed E-state index contributed by atoms with van der Waals surface area (Å²) in [6.45, 7) is 1.90. The van der Waals surface area contributed by atoms with Crippen molar-refractivity contribution in [3.05, 3.63) is 94.2 Å². The van der Waals surface area contributed by atoms with E-state index in [0.29, 0.717) is 17.6 Å². The Balaban J connectivity index is 1.88. The quantitative estimate of drug-likeness (QED) is 0.614. The minimum Gasteiger partial charge on any atom is -0.326 e. The van der Waals surface area contributed by atoms with Crippen LogP contribution < -0.4 is 5.56 Å². The average Bonchev–Trinajstić information content (AvgIpc) is 3.17. The maximum Gasteiger partial charge on any atom is 0.270 e. The highest BCUT2D eigenvalue weighted by atomic mass is 19.1. The molecule has 1 unspecified atom stereocenters. The van der Waals surface area contributed by atoms with Gasteiger partial charge in [-0.05, 0) is 41.8 Å². The van der Waals surface area contributed by atoms with Crippen LogP contribution in [-0.4, -0.2) is 19.5 Å². The SMILES string of the molecule is CCc1nc2ccc(C(c3ccc(F)cc3)n3ccnc3)cc2[nH]c1=O. The summed E-state index contributed by atoms with van der Waals surface area (Å²) in [5.41, 5.74) is 3.65. The van der Waals surface area contributed by atoms with Crippen LogP contribution in [0.15, 0.2) is 66.0 Å². The second kappa shape index (κ2) is 6.55. The van der Waals surface area contributed by atoms with E-state index < -0.39 is 0 Å². The van der Waals surface area contributed by atoms with E-state index in [1.54, 1.807) is 24.7 Å². The summed E-state index contributed by atoms with van der Waals surface area (Å²) in [5.74, 6) is -0.280. The van der Waals surface area contributed by atoms with Crippen molar-refractivity contribution < 1.29 is 4.39 Å². The van der Waals surface area contributed by atoms with Gasteiger partial charge in [0.2, 0.25) is 0 Å². The molecule has 0 spiro atoms. The highest BCUT2D eigenvalue weighted by Crippen LogP contribution is 2.28. The lowest BCUT2D eigenvalue weighted by molar-refractivity contribution is 0.622. The number of fused-ring (bicyclic) bond motifs is 1. The molecule has 6 heteroatoms. The molecular weight excluding hydrogens is 331 g/mol. The zero-order chi connectivity index (χ0) is 18.1. The lowest BCUT2D eigenvalue weighted by Crippen LogP contribution is -2.15. The first-order valence-electron chi connectivity index (χ1n) is 8.41. The Labute approximate surface area is 149 Å². The number of H-pyrrole nitrogens is 1. The van der Waals surface area contributed by atoms with E-state index in [4.69, 9.17) is 0 Å². The molecule has 0 saturated carbocycles. The van der Waals surface area contributed by atoms with Gasteiger partial charge < -0.3 is 9.55 Å². The molecule has 0 radical (unpaired) electrons. The molecule has 1 N–H and O–H groups in total. The van der Waals surface area contributed by atoms with Gasteiger partial charge in [0.1, 0.15) is 11.5 Å². The molecule has 2 aromatic heterocycles. The highest BCUT2D eigenvalue weighted by molar-refractivity contribution is 5.75. The number of aromatic nitrogens is 4. The maximum atomic E-state index is 13.4. The summed E-state index contributed by atoms with van der Waals surface area (Å²) in [6.07, 6.45) is 5.87. The first-order valence-corrected chi connectivity index (χ1v) is 8.41. The number of hydrogen-bond donors (Lipinski definition) is 1. The van der Waals surface area contributed by atoms with E-state index in [0.717, 1.165) is 16.6 Å². The summed E-state index contributed by atoms with van der Waals surface area (Å²) in [5, 5.41) is 0. The van der Waals surface area contributed by atoms with Crippen molar-refractivity contribution in [3.63, 3.8) is 0 Å². The van der Waals surface area contributed by atoms with Gasteiger partial charge in [0.15, 0.2) is 0 Å². The molecule has 4 aromatic rings. The Morgan fingerprint density at radius 3 is 2.62 bits per heavy atom. The zero-order valence-electron chi connectivity index (χ0n) is 14.2. The van der Waals surface area contributed by atoms with Gasteiger partial charge in [0.25, 0.3) is 5.56 Å². The largest absolute Gasteiger partial charge is 0.326 e. The van der Waals surface area contributed by atoms with Gasteiger partial charge in [0, 0.05) is 12.4 Å². The van der Waals surface area contributed by atoms with E-state index in [1.807, 2.05) is 35.9 Å². The van der Waals surface area contributed by atoms with Gasteiger partial charge >= 0.3 is 0 Å². The normalized spacial score (nSPS) is 12.4. The number of benzene rings is 2. The maximum absolute atomic E-state index is 13.4. The smallest absolute Gasteiger partial charge is 0.270 e. The van der Waals surface area contributed by atoms with Crippen molar-refractivity contribution in [1.29, 1.82) is 0 Å². The Morgan fingerprint density at radius 2 is 1.92 bits per heavy atom. The average molecular weight is 348 g/mol. The lowest BCUT2D eigenvalue weighted by atomic mass is 9.98. The number of nitrogens with zero attached hydrogens (tertiary/aromatic N) is 3. The summed E-state index contributed by atoms with van der Waals surface area (Å²) in [6, 6.07) is 12.0. The number of hydrogen-bond acceptors (Lipinski definition) is 3. The van der Waals surface area contributed by atoms with Gasteiger partial charge in [-0.2, -0.15) is 0 Å². The van der Waals surface area contributed by atoms with Crippen LogP contribution in [-0.2, 0) is 6.42 Å². The molecule has 130 valence electrons. The number of aromatic amines is 1. The fourth-order valence-electron chi connectivity index (χ4n) is 3.16. The van der Waals surface area contributed by atoms with Crippen LogP contribution in [0.25, 0.3) is 11.0 Å². The van der Waals surface area contributed by atoms with Crippen LogP contribution in [0.3, 0.4) is 0 Å². The molecule has 5 nitrogen and oxygen atoms in total. The Morgan fingerprint density at radius 1 is 1.15 bits per heavy atom. The second-order valence-corrected chi connectivity index (χ2v) is 6.11. The third-order valence-electron chi connectivity index (χ3n) is 4.45. The van der Waals surface area contributed by atoms with Crippen molar-refractivity contribution in [2.45, 2.75) is 19.4 Å². The van der Waals surface area contributed by atoms with Crippen LogP contribution >= 0.6 is 0 Å². The molecule has 0 aliphatic carbocycles. The van der Waals surface area contributed by atoms with Crippen molar-refractivity contribution in [2.24, 2.45) is 0 Å². The van der Waals surface area contributed by atoms with Crippen molar-refractivity contribution in [2.75, 3.05) is 0 Å². The zero-order valence-corrected chi connectivity index (χ0v) is 14.2. The fraction of sp³-hybridized carbons (Fsp3) is 0.150. The molecule has 0 aliphatic rings. The molecule has 0 aliphatic heterocycles. The minimum atomic E-state index is -0.280. The number of rotatable bonds is 4. The molecule has 0 bridgehead atoms. The highest BCUT2D eigenvalue weighted by Gasteiger charge is 2.17. The Hall–Kier alpha value is -3.28. The first kappa shape index (κ1) is 16.2. The Kier molecular flexibility index (Phi) is 4.08. The third kappa shape index (κ3) is 2.90. The predicted molar refractivity (Wildman–Crippen MR) is 97.6 cm³/mol. The first-order chi connectivity index (χ1) is 12.7. The van der Waals surface area contributed by atoms with Crippen LogP contribution in [0, 0.1) is 5.82 Å². The van der Waals surface area contributed by atoms with Crippen LogP contribution in [0.5, 0.6) is 0 Å². The molecule has 4 rings (SSSR count). The van der Waals surface area contributed by atoms with E-state index >= 15 is 0 Å². The molecule has 0 saturated heterocycles. The minimum absolute atomic E-state index is 0.168. The monoisotopic (exact) mass is 348 g/mol. The van der Waals surface area contributed by atoms with E-state index in [-0.39, 0.29) is 17.4 Å². The van der Waals surface area contributed by atoms with Crippen LogP contribution in [0.2, 0.25) is 0 Å². The number of halogens is 1. The van der Waals surface area contributed by atoms with Crippen molar-refractivity contribution in [3.8, 4) is 0 Å². The number of imidazole rings is 1. The summed E-state index contributed by atoms with van der Waals surface area (Å²) >= 11 is 0. The van der Waals surface area contributed by atoms with Gasteiger partial charge in [-0.15, -0.1) is 0 Å². The summed E-state index contributed by atoms with van der Waals surface area (Å²) < 4.78 is 15.3. The lowest BCUT2D eigenvalue weighted by Gasteiger charge is -2.20. The molecule has 0 amide bonds. The van der Waals surface area contributed by atoms with Gasteiger partial charge in [-0.1, -0.05) is 25.1 Å². The topological polar surface area (TPSA) is 63.6 Å². The standard InChI is InChI=1S/C20H17FN4O/c1-2-16-20(26)24-18-11-14(5-8-17(18)23-16)19(25-10-9-22-12-25)13-3-6-15(21)7-4-13/h3-12,19H,2H2,1H3,(H,24,26). The number of nitrogens with one attached hydrogen (secondary N) is 1. The summed E-state index contributed by atoms with van der Waals surface area (Å²) in [7, 11) is 0. The summed E-state index contributed by atoms with van der Waals surface area (Å²) in [4.78, 5) is 23.6. The predicted octanol–water partition coefficient (Wildman–Crippen LogP) is 3.46.